The Kier molecular flexibility index (Phi) is 5.84. The van der Waals surface area contributed by atoms with E-state index in [4.69, 9.17) is 4.74 Å². The van der Waals surface area contributed by atoms with Gasteiger partial charge in [0.15, 0.2) is 6.61 Å². The fraction of sp³-hybridized carbons (Fsp3) is 0.222. The van der Waals surface area contributed by atoms with Gasteiger partial charge in [0.25, 0.3) is 11.6 Å². The molecule has 2 aromatic carbocycles. The zero-order valence-corrected chi connectivity index (χ0v) is 13.9. The van der Waals surface area contributed by atoms with E-state index in [0.717, 1.165) is 11.1 Å². The van der Waals surface area contributed by atoms with Crippen LogP contribution in [0.1, 0.15) is 16.7 Å². The number of aryl methyl sites for hydroxylation is 2. The van der Waals surface area contributed by atoms with Crippen molar-refractivity contribution in [2.75, 3.05) is 11.9 Å². The number of hydrogen-bond donors (Lipinski definition) is 1. The summed E-state index contributed by atoms with van der Waals surface area (Å²) in [6.07, 6.45) is -0.270. The van der Waals surface area contributed by atoms with Crippen LogP contribution in [0.5, 0.6) is 0 Å². The quantitative estimate of drug-likeness (QED) is 0.494. The zero-order valence-electron chi connectivity index (χ0n) is 13.9. The largest absolute Gasteiger partial charge is 0.455 e. The number of carbonyl (C=O) groups is 2. The average Bonchev–Trinajstić information content (AvgIpc) is 2.52. The number of amides is 1. The van der Waals surface area contributed by atoms with Gasteiger partial charge in [-0.15, -0.1) is 0 Å². The van der Waals surface area contributed by atoms with E-state index < -0.39 is 23.4 Å². The molecule has 0 unspecified atom stereocenters. The summed E-state index contributed by atoms with van der Waals surface area (Å²) in [6.45, 7) is 3.37. The van der Waals surface area contributed by atoms with Gasteiger partial charge < -0.3 is 10.1 Å². The SMILES string of the molecule is Cc1cc(C)cc(NC(=O)COC(=O)Cc2ccccc2[N+](=O)[O-])c1. The summed E-state index contributed by atoms with van der Waals surface area (Å²) in [5, 5.41) is 13.6. The predicted molar refractivity (Wildman–Crippen MR) is 92.3 cm³/mol. The Morgan fingerprint density at radius 2 is 1.76 bits per heavy atom. The van der Waals surface area contributed by atoms with Crippen molar-refractivity contribution in [3.63, 3.8) is 0 Å². The van der Waals surface area contributed by atoms with Crippen molar-refractivity contribution in [3.05, 3.63) is 69.3 Å². The maximum Gasteiger partial charge on any atom is 0.311 e. The molecule has 130 valence electrons. The van der Waals surface area contributed by atoms with Gasteiger partial charge in [-0.25, -0.2) is 0 Å². The van der Waals surface area contributed by atoms with E-state index in [2.05, 4.69) is 5.32 Å². The van der Waals surface area contributed by atoms with Gasteiger partial charge in [0, 0.05) is 17.3 Å². The van der Waals surface area contributed by atoms with Crippen molar-refractivity contribution in [2.24, 2.45) is 0 Å². The molecule has 1 amide bonds. The Hall–Kier alpha value is -3.22. The number of hydrogen-bond acceptors (Lipinski definition) is 5. The van der Waals surface area contributed by atoms with Crippen LogP contribution in [-0.4, -0.2) is 23.4 Å². The van der Waals surface area contributed by atoms with E-state index >= 15 is 0 Å². The molecule has 0 aliphatic carbocycles. The summed E-state index contributed by atoms with van der Waals surface area (Å²) in [5.74, 6) is -1.18. The highest BCUT2D eigenvalue weighted by atomic mass is 16.6. The Labute approximate surface area is 144 Å². The molecule has 0 atom stereocenters. The van der Waals surface area contributed by atoms with Gasteiger partial charge in [0.1, 0.15) is 0 Å². The van der Waals surface area contributed by atoms with Gasteiger partial charge in [0.2, 0.25) is 0 Å². The topological polar surface area (TPSA) is 98.5 Å². The zero-order chi connectivity index (χ0) is 18.4. The third kappa shape index (κ3) is 5.42. The first kappa shape index (κ1) is 18.1. The van der Waals surface area contributed by atoms with Crippen LogP contribution in [0.4, 0.5) is 11.4 Å². The molecule has 2 aromatic rings. The number of nitrogens with one attached hydrogen (secondary N) is 1. The molecular weight excluding hydrogens is 324 g/mol. The van der Waals surface area contributed by atoms with Crippen LogP contribution in [0, 0.1) is 24.0 Å². The highest BCUT2D eigenvalue weighted by Gasteiger charge is 2.17. The summed E-state index contributed by atoms with van der Waals surface area (Å²) >= 11 is 0. The molecule has 0 saturated carbocycles. The fourth-order valence-electron chi connectivity index (χ4n) is 2.43. The number of rotatable bonds is 6. The summed E-state index contributed by atoms with van der Waals surface area (Å²) in [4.78, 5) is 34.1. The molecule has 7 heteroatoms. The maximum absolute atomic E-state index is 11.9. The van der Waals surface area contributed by atoms with Gasteiger partial charge in [-0.05, 0) is 37.1 Å². The molecule has 25 heavy (non-hydrogen) atoms. The first-order valence-electron chi connectivity index (χ1n) is 7.61. The van der Waals surface area contributed by atoms with Gasteiger partial charge in [0.05, 0.1) is 11.3 Å². The number of anilines is 1. The molecule has 0 aliphatic rings. The maximum atomic E-state index is 11.9. The van der Waals surface area contributed by atoms with Crippen LogP contribution in [-0.2, 0) is 20.7 Å². The van der Waals surface area contributed by atoms with Crippen molar-refractivity contribution in [1.82, 2.24) is 0 Å². The first-order valence-corrected chi connectivity index (χ1v) is 7.61. The van der Waals surface area contributed by atoms with Gasteiger partial charge >= 0.3 is 5.97 Å². The molecule has 0 spiro atoms. The van der Waals surface area contributed by atoms with Gasteiger partial charge in [-0.3, -0.25) is 19.7 Å². The number of esters is 1. The van der Waals surface area contributed by atoms with E-state index in [1.807, 2.05) is 19.9 Å². The second kappa shape index (κ2) is 8.05. The lowest BCUT2D eigenvalue weighted by Gasteiger charge is -2.08. The molecule has 0 heterocycles. The lowest BCUT2D eigenvalue weighted by Crippen LogP contribution is -2.21. The lowest BCUT2D eigenvalue weighted by atomic mass is 10.1. The van der Waals surface area contributed by atoms with Crippen LogP contribution in [0.2, 0.25) is 0 Å². The molecule has 0 radical (unpaired) electrons. The van der Waals surface area contributed by atoms with Crippen molar-refractivity contribution in [3.8, 4) is 0 Å². The van der Waals surface area contributed by atoms with Crippen molar-refractivity contribution < 1.29 is 19.2 Å². The van der Waals surface area contributed by atoms with E-state index in [-0.39, 0.29) is 17.7 Å². The van der Waals surface area contributed by atoms with Crippen molar-refractivity contribution in [2.45, 2.75) is 20.3 Å². The molecule has 0 aliphatic heterocycles. The van der Waals surface area contributed by atoms with Crippen LogP contribution < -0.4 is 5.32 Å². The Morgan fingerprint density at radius 3 is 2.40 bits per heavy atom. The molecule has 2 rings (SSSR count). The Balaban J connectivity index is 1.89. The second-order valence-electron chi connectivity index (χ2n) is 5.65. The number of nitrogens with zero attached hydrogens (tertiary/aromatic N) is 1. The van der Waals surface area contributed by atoms with Crippen LogP contribution in [0.3, 0.4) is 0 Å². The monoisotopic (exact) mass is 342 g/mol. The van der Waals surface area contributed by atoms with Crippen LogP contribution in [0.25, 0.3) is 0 Å². The second-order valence-corrected chi connectivity index (χ2v) is 5.65. The highest BCUT2D eigenvalue weighted by Crippen LogP contribution is 2.18. The fourth-order valence-corrected chi connectivity index (χ4v) is 2.43. The van der Waals surface area contributed by atoms with Gasteiger partial charge in [-0.1, -0.05) is 24.3 Å². The normalized spacial score (nSPS) is 10.2. The number of nitro benzene ring substituents is 1. The molecule has 0 bridgehead atoms. The molecule has 0 aromatic heterocycles. The summed E-state index contributed by atoms with van der Waals surface area (Å²) < 4.78 is 4.90. The minimum Gasteiger partial charge on any atom is -0.455 e. The third-order valence-corrected chi connectivity index (χ3v) is 3.39. The lowest BCUT2D eigenvalue weighted by molar-refractivity contribution is -0.385. The number of benzene rings is 2. The molecule has 1 N–H and O–H groups in total. The Morgan fingerprint density at radius 1 is 1.12 bits per heavy atom. The predicted octanol–water partition coefficient (Wildman–Crippen LogP) is 2.94. The first-order chi connectivity index (χ1) is 11.8. The molecule has 0 saturated heterocycles. The minimum atomic E-state index is -0.704. The van der Waals surface area contributed by atoms with Crippen molar-refractivity contribution >= 4 is 23.3 Å². The average molecular weight is 342 g/mol. The highest BCUT2D eigenvalue weighted by molar-refractivity contribution is 5.93. The summed E-state index contributed by atoms with van der Waals surface area (Å²) in [5.41, 5.74) is 2.72. The number of ether oxygens (including phenoxy) is 1. The van der Waals surface area contributed by atoms with E-state index in [1.165, 1.54) is 18.2 Å². The van der Waals surface area contributed by atoms with E-state index in [0.29, 0.717) is 5.69 Å². The van der Waals surface area contributed by atoms with E-state index in [1.54, 1.807) is 18.2 Å². The molecule has 7 nitrogen and oxygen atoms in total. The third-order valence-electron chi connectivity index (χ3n) is 3.39. The Bertz CT molecular complexity index is 797. The van der Waals surface area contributed by atoms with E-state index in [9.17, 15) is 19.7 Å². The standard InChI is InChI=1S/C18H18N2O5/c1-12-7-13(2)9-15(8-12)19-17(21)11-25-18(22)10-14-5-3-4-6-16(14)20(23)24/h3-9H,10-11H2,1-2H3,(H,19,21). The van der Waals surface area contributed by atoms with Crippen LogP contribution in [0.15, 0.2) is 42.5 Å². The van der Waals surface area contributed by atoms with Gasteiger partial charge in [-0.2, -0.15) is 0 Å². The molecular formula is C18H18N2O5. The minimum absolute atomic E-state index is 0.154. The summed E-state index contributed by atoms with van der Waals surface area (Å²) in [6, 6.07) is 11.5. The number of nitro groups is 1. The number of para-hydroxylation sites is 1. The molecule has 0 fully saturated rings. The van der Waals surface area contributed by atoms with Crippen molar-refractivity contribution in [1.29, 1.82) is 0 Å². The smallest absolute Gasteiger partial charge is 0.311 e. The number of carbonyl (C=O) groups excluding carboxylic acids is 2. The summed E-state index contributed by atoms with van der Waals surface area (Å²) in [7, 11) is 0. The van der Waals surface area contributed by atoms with Crippen LogP contribution >= 0.6 is 0 Å².